The van der Waals surface area contributed by atoms with Gasteiger partial charge in [0.1, 0.15) is 0 Å². The number of rotatable bonds is 6. The number of carbonyl (C=O) groups excluding carboxylic acids is 1. The maximum atomic E-state index is 12.0. The summed E-state index contributed by atoms with van der Waals surface area (Å²) in [6.07, 6.45) is 2.20. The lowest BCUT2D eigenvalue weighted by atomic mass is 10.0. The summed E-state index contributed by atoms with van der Waals surface area (Å²) in [4.78, 5) is 12.0. The highest BCUT2D eigenvalue weighted by Crippen LogP contribution is 2.14. The average Bonchev–Trinajstić information content (AvgIpc) is 2.39. The predicted octanol–water partition coefficient (Wildman–Crippen LogP) is 2.89. The number of hydrogen-bond acceptors (Lipinski definition) is 2. The first-order valence-electron chi connectivity index (χ1n) is 6.27. The van der Waals surface area contributed by atoms with Crippen molar-refractivity contribution in [2.75, 3.05) is 18.9 Å². The van der Waals surface area contributed by atoms with Crippen molar-refractivity contribution in [1.29, 1.82) is 0 Å². The van der Waals surface area contributed by atoms with Gasteiger partial charge in [-0.15, -0.1) is 0 Å². The van der Waals surface area contributed by atoms with E-state index >= 15 is 0 Å². The van der Waals surface area contributed by atoms with E-state index < -0.39 is 0 Å². The van der Waals surface area contributed by atoms with Gasteiger partial charge in [0, 0.05) is 19.3 Å². The first kappa shape index (κ1) is 13.6. The molecule has 0 atom stereocenters. The van der Waals surface area contributed by atoms with Crippen LogP contribution in [0, 0.1) is 5.92 Å². The molecule has 17 heavy (non-hydrogen) atoms. The minimum atomic E-state index is 0.00171. The number of benzene rings is 1. The van der Waals surface area contributed by atoms with Gasteiger partial charge in [0.15, 0.2) is 0 Å². The summed E-state index contributed by atoms with van der Waals surface area (Å²) in [7, 11) is 1.83. The average molecular weight is 234 g/mol. The van der Waals surface area contributed by atoms with Crippen LogP contribution in [0.25, 0.3) is 0 Å². The maximum absolute atomic E-state index is 12.0. The Morgan fingerprint density at radius 2 is 1.88 bits per heavy atom. The molecule has 0 aliphatic carbocycles. The summed E-state index contributed by atoms with van der Waals surface area (Å²) in [6, 6.07) is 7.55. The van der Waals surface area contributed by atoms with Crippen molar-refractivity contribution in [3.8, 4) is 0 Å². The van der Waals surface area contributed by atoms with E-state index in [-0.39, 0.29) is 5.91 Å². The van der Waals surface area contributed by atoms with Crippen molar-refractivity contribution in [2.45, 2.75) is 26.7 Å². The zero-order chi connectivity index (χ0) is 12.7. The van der Waals surface area contributed by atoms with Gasteiger partial charge in [-0.05, 0) is 18.1 Å². The van der Waals surface area contributed by atoms with Crippen LogP contribution < -0.4 is 10.6 Å². The fourth-order valence-electron chi connectivity index (χ4n) is 1.81. The number of hydrogen-bond donors (Lipinski definition) is 2. The molecule has 3 nitrogen and oxygen atoms in total. The van der Waals surface area contributed by atoms with Gasteiger partial charge in [0.25, 0.3) is 5.91 Å². The number of carbonyl (C=O) groups is 1. The second-order valence-corrected chi connectivity index (χ2v) is 4.19. The highest BCUT2D eigenvalue weighted by Gasteiger charge is 2.11. The smallest absolute Gasteiger partial charge is 0.253 e. The fourth-order valence-corrected chi connectivity index (χ4v) is 1.81. The summed E-state index contributed by atoms with van der Waals surface area (Å²) >= 11 is 0. The zero-order valence-electron chi connectivity index (χ0n) is 10.9. The minimum absolute atomic E-state index is 0.00171. The molecule has 0 aliphatic rings. The van der Waals surface area contributed by atoms with E-state index in [1.807, 2.05) is 31.3 Å². The van der Waals surface area contributed by atoms with Gasteiger partial charge < -0.3 is 10.6 Å². The van der Waals surface area contributed by atoms with Crippen molar-refractivity contribution in [2.24, 2.45) is 5.92 Å². The maximum Gasteiger partial charge on any atom is 0.253 e. The van der Waals surface area contributed by atoms with Gasteiger partial charge in [0.2, 0.25) is 0 Å². The van der Waals surface area contributed by atoms with Crippen molar-refractivity contribution in [1.82, 2.24) is 5.32 Å². The van der Waals surface area contributed by atoms with E-state index in [1.54, 1.807) is 0 Å². The molecular weight excluding hydrogens is 212 g/mol. The van der Waals surface area contributed by atoms with Crippen LogP contribution in [-0.2, 0) is 0 Å². The molecule has 0 aromatic heterocycles. The predicted molar refractivity (Wildman–Crippen MR) is 72.4 cm³/mol. The number of amides is 1. The molecule has 0 radical (unpaired) electrons. The Kier molecular flexibility index (Phi) is 5.53. The molecule has 1 rings (SSSR count). The Balaban J connectivity index is 2.63. The third-order valence-corrected chi connectivity index (χ3v) is 3.15. The van der Waals surface area contributed by atoms with Gasteiger partial charge in [-0.25, -0.2) is 0 Å². The van der Waals surface area contributed by atoms with Crippen LogP contribution in [-0.4, -0.2) is 19.5 Å². The summed E-state index contributed by atoms with van der Waals surface area (Å²) < 4.78 is 0. The van der Waals surface area contributed by atoms with Crippen LogP contribution >= 0.6 is 0 Å². The lowest BCUT2D eigenvalue weighted by molar-refractivity contribution is 0.0947. The normalized spacial score (nSPS) is 10.4. The minimum Gasteiger partial charge on any atom is -0.387 e. The molecule has 1 aromatic rings. The summed E-state index contributed by atoms with van der Waals surface area (Å²) in [6.45, 7) is 5.06. The van der Waals surface area contributed by atoms with Gasteiger partial charge in [0.05, 0.1) is 5.56 Å². The summed E-state index contributed by atoms with van der Waals surface area (Å²) in [5.41, 5.74) is 1.58. The second-order valence-electron chi connectivity index (χ2n) is 4.19. The largest absolute Gasteiger partial charge is 0.387 e. The highest BCUT2D eigenvalue weighted by molar-refractivity contribution is 5.99. The molecule has 0 aliphatic heterocycles. The van der Waals surface area contributed by atoms with E-state index in [1.165, 1.54) is 0 Å². The molecule has 0 unspecified atom stereocenters. The Hall–Kier alpha value is -1.51. The Labute approximate surface area is 104 Å². The zero-order valence-corrected chi connectivity index (χ0v) is 10.9. The third-order valence-electron chi connectivity index (χ3n) is 3.15. The number of para-hydroxylation sites is 1. The van der Waals surface area contributed by atoms with E-state index in [2.05, 4.69) is 24.5 Å². The van der Waals surface area contributed by atoms with Gasteiger partial charge in [-0.1, -0.05) is 38.8 Å². The molecule has 94 valence electrons. The van der Waals surface area contributed by atoms with E-state index in [0.29, 0.717) is 11.5 Å². The van der Waals surface area contributed by atoms with Crippen molar-refractivity contribution < 1.29 is 4.79 Å². The van der Waals surface area contributed by atoms with Crippen LogP contribution in [0.4, 0.5) is 5.69 Å². The quantitative estimate of drug-likeness (QED) is 0.794. The first-order chi connectivity index (χ1) is 8.22. The molecule has 0 spiro atoms. The lowest BCUT2D eigenvalue weighted by Crippen LogP contribution is -2.29. The summed E-state index contributed by atoms with van der Waals surface area (Å²) in [5, 5.41) is 6.03. The molecule has 0 fully saturated rings. The molecular formula is C14H22N2O. The van der Waals surface area contributed by atoms with Crippen LogP contribution in [0.2, 0.25) is 0 Å². The van der Waals surface area contributed by atoms with Crippen LogP contribution in [0.5, 0.6) is 0 Å². The van der Waals surface area contributed by atoms with Crippen molar-refractivity contribution >= 4 is 11.6 Å². The molecule has 0 bridgehead atoms. The lowest BCUT2D eigenvalue weighted by Gasteiger charge is -2.14. The molecule has 0 heterocycles. The van der Waals surface area contributed by atoms with Gasteiger partial charge >= 0.3 is 0 Å². The Bertz CT molecular complexity index is 359. The topological polar surface area (TPSA) is 41.1 Å². The third kappa shape index (κ3) is 3.77. The van der Waals surface area contributed by atoms with E-state index in [9.17, 15) is 4.79 Å². The SMILES string of the molecule is CCC(CC)CNC(=O)c1ccccc1NC. The molecule has 0 saturated carbocycles. The molecule has 2 N–H and O–H groups in total. The molecule has 3 heteroatoms. The summed E-state index contributed by atoms with van der Waals surface area (Å²) in [5.74, 6) is 0.572. The standard InChI is InChI=1S/C14H22N2O/c1-4-11(5-2)10-16-14(17)12-8-6-7-9-13(12)15-3/h6-9,11,15H,4-5,10H2,1-3H3,(H,16,17). The Morgan fingerprint density at radius 3 is 2.47 bits per heavy atom. The second kappa shape index (κ2) is 6.94. The fraction of sp³-hybridized carbons (Fsp3) is 0.500. The highest BCUT2D eigenvalue weighted by atomic mass is 16.1. The first-order valence-corrected chi connectivity index (χ1v) is 6.27. The van der Waals surface area contributed by atoms with Crippen molar-refractivity contribution in [3.05, 3.63) is 29.8 Å². The molecule has 1 amide bonds. The van der Waals surface area contributed by atoms with Crippen LogP contribution in [0.3, 0.4) is 0 Å². The number of anilines is 1. The molecule has 0 saturated heterocycles. The van der Waals surface area contributed by atoms with E-state index in [0.717, 1.165) is 25.1 Å². The van der Waals surface area contributed by atoms with Gasteiger partial charge in [-0.3, -0.25) is 4.79 Å². The van der Waals surface area contributed by atoms with Crippen LogP contribution in [0.15, 0.2) is 24.3 Å². The van der Waals surface area contributed by atoms with Crippen molar-refractivity contribution in [3.63, 3.8) is 0 Å². The number of nitrogens with one attached hydrogen (secondary N) is 2. The van der Waals surface area contributed by atoms with E-state index in [4.69, 9.17) is 0 Å². The Morgan fingerprint density at radius 1 is 1.24 bits per heavy atom. The molecule has 1 aromatic carbocycles. The van der Waals surface area contributed by atoms with Gasteiger partial charge in [-0.2, -0.15) is 0 Å². The monoisotopic (exact) mass is 234 g/mol. The van der Waals surface area contributed by atoms with Crippen LogP contribution in [0.1, 0.15) is 37.0 Å².